The summed E-state index contributed by atoms with van der Waals surface area (Å²) in [7, 11) is 0. The SMILES string of the molecule is Cc1occc1-c1nnc(S[C@@H](C)C(=O)N(CCC#N)c2ccccc2)o1. The van der Waals surface area contributed by atoms with E-state index in [0.29, 0.717) is 23.4 Å². The molecule has 1 amide bonds. The van der Waals surface area contributed by atoms with Crippen molar-refractivity contribution in [2.24, 2.45) is 0 Å². The van der Waals surface area contributed by atoms with Crippen molar-refractivity contribution in [3.8, 4) is 17.5 Å². The Morgan fingerprint density at radius 1 is 1.30 bits per heavy atom. The summed E-state index contributed by atoms with van der Waals surface area (Å²) < 4.78 is 10.9. The molecule has 1 aromatic carbocycles. The van der Waals surface area contributed by atoms with Crippen LogP contribution in [0.2, 0.25) is 0 Å². The van der Waals surface area contributed by atoms with Crippen LogP contribution in [0.3, 0.4) is 0 Å². The summed E-state index contributed by atoms with van der Waals surface area (Å²) >= 11 is 1.19. The van der Waals surface area contributed by atoms with E-state index in [9.17, 15) is 4.79 Å². The van der Waals surface area contributed by atoms with Crippen molar-refractivity contribution in [3.63, 3.8) is 0 Å². The number of nitriles is 1. The van der Waals surface area contributed by atoms with Crippen LogP contribution in [-0.2, 0) is 4.79 Å². The quantitative estimate of drug-likeness (QED) is 0.568. The maximum Gasteiger partial charge on any atom is 0.277 e. The number of rotatable bonds is 7. The largest absolute Gasteiger partial charge is 0.469 e. The molecule has 7 nitrogen and oxygen atoms in total. The van der Waals surface area contributed by atoms with Crippen LogP contribution in [0.25, 0.3) is 11.5 Å². The molecular weight excluding hydrogens is 364 g/mol. The number of aromatic nitrogens is 2. The van der Waals surface area contributed by atoms with Gasteiger partial charge in [0.1, 0.15) is 5.76 Å². The number of hydrogen-bond acceptors (Lipinski definition) is 7. The number of anilines is 1. The predicted octanol–water partition coefficient (Wildman–Crippen LogP) is 4.07. The van der Waals surface area contributed by atoms with Crippen molar-refractivity contribution in [1.82, 2.24) is 10.2 Å². The Morgan fingerprint density at radius 3 is 2.74 bits per heavy atom. The fraction of sp³-hybridized carbons (Fsp3) is 0.263. The second-order valence-electron chi connectivity index (χ2n) is 5.76. The molecule has 138 valence electrons. The first-order valence-corrected chi connectivity index (χ1v) is 9.26. The van der Waals surface area contributed by atoms with Crippen LogP contribution >= 0.6 is 11.8 Å². The Hall–Kier alpha value is -3.05. The van der Waals surface area contributed by atoms with E-state index >= 15 is 0 Å². The molecule has 0 aliphatic heterocycles. The van der Waals surface area contributed by atoms with E-state index in [4.69, 9.17) is 14.1 Å². The van der Waals surface area contributed by atoms with Crippen LogP contribution in [0, 0.1) is 18.3 Å². The summed E-state index contributed by atoms with van der Waals surface area (Å²) in [6, 6.07) is 13.1. The molecule has 8 heteroatoms. The highest BCUT2D eigenvalue weighted by Crippen LogP contribution is 2.29. The molecule has 0 bridgehead atoms. The zero-order valence-electron chi connectivity index (χ0n) is 15.0. The third-order valence-electron chi connectivity index (χ3n) is 3.90. The zero-order chi connectivity index (χ0) is 19.2. The van der Waals surface area contributed by atoms with Crippen LogP contribution in [-0.4, -0.2) is 27.9 Å². The van der Waals surface area contributed by atoms with E-state index in [1.54, 1.807) is 24.2 Å². The average Bonchev–Trinajstić information content (AvgIpc) is 3.31. The first-order valence-electron chi connectivity index (χ1n) is 8.38. The normalized spacial score (nSPS) is 11.7. The maximum atomic E-state index is 12.9. The average molecular weight is 382 g/mol. The fourth-order valence-electron chi connectivity index (χ4n) is 2.53. The maximum absolute atomic E-state index is 12.9. The molecule has 0 unspecified atom stereocenters. The van der Waals surface area contributed by atoms with Crippen LogP contribution in [0.1, 0.15) is 19.1 Å². The molecule has 0 fully saturated rings. The predicted molar refractivity (Wildman–Crippen MR) is 101 cm³/mol. The minimum absolute atomic E-state index is 0.124. The lowest BCUT2D eigenvalue weighted by Gasteiger charge is -2.24. The highest BCUT2D eigenvalue weighted by molar-refractivity contribution is 8.00. The van der Waals surface area contributed by atoms with Crippen molar-refractivity contribution in [1.29, 1.82) is 5.26 Å². The number of amides is 1. The molecule has 3 rings (SSSR count). The smallest absolute Gasteiger partial charge is 0.277 e. The number of thioether (sulfide) groups is 1. The third kappa shape index (κ3) is 4.38. The lowest BCUT2D eigenvalue weighted by Crippen LogP contribution is -2.37. The van der Waals surface area contributed by atoms with Crippen molar-refractivity contribution in [3.05, 3.63) is 48.4 Å². The monoisotopic (exact) mass is 382 g/mol. The zero-order valence-corrected chi connectivity index (χ0v) is 15.8. The van der Waals surface area contributed by atoms with Crippen LogP contribution in [0.15, 0.2) is 56.7 Å². The fourth-order valence-corrected chi connectivity index (χ4v) is 3.28. The number of aryl methyl sites for hydroxylation is 1. The van der Waals surface area contributed by atoms with Crippen molar-refractivity contribution in [2.75, 3.05) is 11.4 Å². The van der Waals surface area contributed by atoms with Crippen LogP contribution in [0.5, 0.6) is 0 Å². The van der Waals surface area contributed by atoms with Crippen molar-refractivity contribution < 1.29 is 13.6 Å². The summed E-state index contributed by atoms with van der Waals surface area (Å²) in [4.78, 5) is 14.5. The van der Waals surface area contributed by atoms with Gasteiger partial charge in [-0.2, -0.15) is 5.26 Å². The van der Waals surface area contributed by atoms with Gasteiger partial charge in [-0.1, -0.05) is 30.0 Å². The summed E-state index contributed by atoms with van der Waals surface area (Å²) in [6.07, 6.45) is 1.81. The molecule has 0 radical (unpaired) electrons. The minimum atomic E-state index is -0.456. The highest BCUT2D eigenvalue weighted by atomic mass is 32.2. The Bertz CT molecular complexity index is 945. The number of hydrogen-bond donors (Lipinski definition) is 0. The molecule has 0 spiro atoms. The second-order valence-corrected chi connectivity index (χ2v) is 7.05. The Morgan fingerprint density at radius 2 is 2.07 bits per heavy atom. The van der Waals surface area contributed by atoms with Crippen LogP contribution in [0.4, 0.5) is 5.69 Å². The second kappa shape index (κ2) is 8.56. The molecule has 3 aromatic rings. The number of carbonyl (C=O) groups excluding carboxylic acids is 1. The van der Waals surface area contributed by atoms with E-state index < -0.39 is 5.25 Å². The number of nitrogens with zero attached hydrogens (tertiary/aromatic N) is 4. The van der Waals surface area contributed by atoms with Crippen molar-refractivity contribution >= 4 is 23.4 Å². The van der Waals surface area contributed by atoms with Gasteiger partial charge in [0.25, 0.3) is 11.1 Å². The van der Waals surface area contributed by atoms with Gasteiger partial charge < -0.3 is 13.7 Å². The Balaban J connectivity index is 1.73. The molecule has 1 atom stereocenters. The molecule has 0 saturated carbocycles. The van der Waals surface area contributed by atoms with Gasteiger partial charge in [0.2, 0.25) is 5.91 Å². The highest BCUT2D eigenvalue weighted by Gasteiger charge is 2.25. The first-order chi connectivity index (χ1) is 13.1. The van der Waals surface area contributed by atoms with E-state index in [-0.39, 0.29) is 12.3 Å². The van der Waals surface area contributed by atoms with Crippen LogP contribution < -0.4 is 4.90 Å². The molecule has 0 aliphatic rings. The topological polar surface area (TPSA) is 96.2 Å². The summed E-state index contributed by atoms with van der Waals surface area (Å²) in [5.41, 5.74) is 1.48. The number of carbonyl (C=O) groups is 1. The van der Waals surface area contributed by atoms with E-state index in [1.165, 1.54) is 11.8 Å². The molecule has 27 heavy (non-hydrogen) atoms. The molecule has 2 aromatic heterocycles. The molecule has 2 heterocycles. The summed E-state index contributed by atoms with van der Waals surface area (Å²) in [5.74, 6) is 0.916. The van der Waals surface area contributed by atoms with Gasteiger partial charge in [-0.15, -0.1) is 10.2 Å². The molecule has 0 saturated heterocycles. The summed E-state index contributed by atoms with van der Waals surface area (Å²) in [5, 5.41) is 16.8. The van der Waals surface area contributed by atoms with Gasteiger partial charge >= 0.3 is 0 Å². The minimum Gasteiger partial charge on any atom is -0.469 e. The lowest BCUT2D eigenvalue weighted by molar-refractivity contribution is -0.117. The van der Waals surface area contributed by atoms with Gasteiger partial charge in [-0.05, 0) is 32.0 Å². The third-order valence-corrected chi connectivity index (χ3v) is 4.82. The van der Waals surface area contributed by atoms with Gasteiger partial charge in [0.15, 0.2) is 0 Å². The molecular formula is C19H18N4O3S. The van der Waals surface area contributed by atoms with Gasteiger partial charge in [0, 0.05) is 12.2 Å². The first kappa shape index (κ1) is 18.7. The number of benzene rings is 1. The standard InChI is InChI=1S/C19H18N4O3S/c1-13-16(9-12-25-13)17-21-22-19(26-17)27-14(2)18(24)23(11-6-10-20)15-7-4-3-5-8-15/h3-5,7-9,12,14H,6,11H2,1-2H3/t14-/m0/s1. The Kier molecular flexibility index (Phi) is 5.94. The molecule has 0 N–H and O–H groups in total. The van der Waals surface area contributed by atoms with Gasteiger partial charge in [-0.25, -0.2) is 0 Å². The van der Waals surface area contributed by atoms with Gasteiger partial charge in [-0.3, -0.25) is 4.79 Å². The number of furan rings is 1. The van der Waals surface area contributed by atoms with Gasteiger partial charge in [0.05, 0.1) is 29.6 Å². The lowest BCUT2D eigenvalue weighted by atomic mass is 10.2. The number of para-hydroxylation sites is 1. The van der Waals surface area contributed by atoms with E-state index in [2.05, 4.69) is 16.3 Å². The van der Waals surface area contributed by atoms with Crippen molar-refractivity contribution in [2.45, 2.75) is 30.7 Å². The Labute approximate surface area is 161 Å². The molecule has 0 aliphatic carbocycles. The van der Waals surface area contributed by atoms with E-state index in [1.807, 2.05) is 37.3 Å². The summed E-state index contributed by atoms with van der Waals surface area (Å²) in [6.45, 7) is 3.92. The van der Waals surface area contributed by atoms with E-state index in [0.717, 1.165) is 11.3 Å².